The Bertz CT molecular complexity index is 1220. The van der Waals surface area contributed by atoms with Crippen LogP contribution in [0.2, 0.25) is 0 Å². The normalized spacial score (nSPS) is 22.5. The van der Waals surface area contributed by atoms with Crippen LogP contribution in [-0.4, -0.2) is 84.2 Å². The van der Waals surface area contributed by atoms with Gasteiger partial charge in [-0.15, -0.1) is 0 Å². The summed E-state index contributed by atoms with van der Waals surface area (Å²) in [6, 6.07) is 9.07. The van der Waals surface area contributed by atoms with E-state index >= 15 is 0 Å². The van der Waals surface area contributed by atoms with Crippen LogP contribution in [0, 0.1) is 5.82 Å². The van der Waals surface area contributed by atoms with Crippen molar-refractivity contribution in [2.24, 2.45) is 0 Å². The highest BCUT2D eigenvalue weighted by Gasteiger charge is 2.37. The first-order valence-corrected chi connectivity index (χ1v) is 13.2. The largest absolute Gasteiger partial charge is 0.492 e. The smallest absolute Gasteiger partial charge is 0.255 e. The molecule has 12 heteroatoms. The summed E-state index contributed by atoms with van der Waals surface area (Å²) < 4.78 is 24.5. The highest BCUT2D eigenvalue weighted by Crippen LogP contribution is 2.24. The SMILES string of the molecule is C[C@@H](O)[C@@H]1NC(=O)C[C@@H](C(=O)NCCOc2ccc(F)cc2)NC(=O)c2ccccc2OC[C@H]2CCCN2C1=O. The van der Waals surface area contributed by atoms with E-state index in [0.717, 1.165) is 6.42 Å². The minimum atomic E-state index is -1.31. The molecule has 0 saturated carbocycles. The summed E-state index contributed by atoms with van der Waals surface area (Å²) in [4.78, 5) is 54.2. The first kappa shape index (κ1) is 28.8. The van der Waals surface area contributed by atoms with Crippen LogP contribution in [-0.2, 0) is 14.4 Å². The van der Waals surface area contributed by atoms with Crippen LogP contribution in [0.3, 0.4) is 0 Å². The summed E-state index contributed by atoms with van der Waals surface area (Å²) in [5.74, 6) is -2.13. The molecule has 0 aliphatic carbocycles. The molecule has 11 nitrogen and oxygen atoms in total. The predicted molar refractivity (Wildman–Crippen MR) is 141 cm³/mol. The molecule has 4 rings (SSSR count). The maximum Gasteiger partial charge on any atom is 0.255 e. The maximum atomic E-state index is 13.3. The summed E-state index contributed by atoms with van der Waals surface area (Å²) in [5.41, 5.74) is 0.176. The number of nitrogens with zero attached hydrogens (tertiary/aromatic N) is 1. The van der Waals surface area contributed by atoms with Crippen molar-refractivity contribution < 1.29 is 38.1 Å². The monoisotopic (exact) mass is 556 g/mol. The summed E-state index contributed by atoms with van der Waals surface area (Å²) in [6.45, 7) is 2.05. The van der Waals surface area contributed by atoms with Crippen molar-refractivity contribution in [1.82, 2.24) is 20.9 Å². The number of amides is 4. The molecule has 0 radical (unpaired) electrons. The van der Waals surface area contributed by atoms with Gasteiger partial charge in [0.2, 0.25) is 17.7 Å². The number of carbonyl (C=O) groups excluding carboxylic acids is 4. The van der Waals surface area contributed by atoms with E-state index in [4.69, 9.17) is 9.47 Å². The van der Waals surface area contributed by atoms with Gasteiger partial charge in [0.1, 0.15) is 42.6 Å². The molecule has 4 atom stereocenters. The lowest BCUT2D eigenvalue weighted by Crippen LogP contribution is -2.57. The molecule has 0 spiro atoms. The van der Waals surface area contributed by atoms with Gasteiger partial charge in [-0.2, -0.15) is 0 Å². The average molecular weight is 557 g/mol. The van der Waals surface area contributed by atoms with Crippen molar-refractivity contribution in [1.29, 1.82) is 0 Å². The van der Waals surface area contributed by atoms with Crippen LogP contribution in [0.4, 0.5) is 4.39 Å². The van der Waals surface area contributed by atoms with E-state index in [0.29, 0.717) is 18.7 Å². The van der Waals surface area contributed by atoms with Crippen LogP contribution in [0.15, 0.2) is 48.5 Å². The van der Waals surface area contributed by atoms with Gasteiger partial charge in [0, 0.05) is 6.54 Å². The van der Waals surface area contributed by atoms with E-state index in [1.54, 1.807) is 29.2 Å². The van der Waals surface area contributed by atoms with Crippen molar-refractivity contribution in [3.05, 3.63) is 59.9 Å². The molecule has 2 heterocycles. The summed E-state index contributed by atoms with van der Waals surface area (Å²) in [7, 11) is 0. The highest BCUT2D eigenvalue weighted by atomic mass is 19.1. The molecule has 0 bridgehead atoms. The van der Waals surface area contributed by atoms with Gasteiger partial charge in [-0.05, 0) is 56.2 Å². The van der Waals surface area contributed by atoms with Gasteiger partial charge in [-0.25, -0.2) is 4.39 Å². The Morgan fingerprint density at radius 2 is 1.93 bits per heavy atom. The molecule has 4 N–H and O–H groups in total. The van der Waals surface area contributed by atoms with E-state index in [2.05, 4.69) is 16.0 Å². The van der Waals surface area contributed by atoms with Crippen LogP contribution in [0.5, 0.6) is 11.5 Å². The molecular weight excluding hydrogens is 523 g/mol. The lowest BCUT2D eigenvalue weighted by molar-refractivity contribution is -0.140. The third-order valence-corrected chi connectivity index (χ3v) is 6.78. The molecule has 40 heavy (non-hydrogen) atoms. The number of carbonyl (C=O) groups is 4. The van der Waals surface area contributed by atoms with Crippen LogP contribution in [0.1, 0.15) is 36.5 Å². The Morgan fingerprint density at radius 3 is 2.67 bits per heavy atom. The molecule has 2 aliphatic heterocycles. The Kier molecular flexibility index (Phi) is 9.54. The molecule has 4 amide bonds. The number of hydrogen-bond donors (Lipinski definition) is 4. The Morgan fingerprint density at radius 1 is 1.18 bits per heavy atom. The number of rotatable bonds is 6. The molecule has 2 aliphatic rings. The van der Waals surface area contributed by atoms with E-state index in [9.17, 15) is 28.7 Å². The maximum absolute atomic E-state index is 13.3. The van der Waals surface area contributed by atoms with E-state index in [1.165, 1.54) is 31.2 Å². The van der Waals surface area contributed by atoms with Gasteiger partial charge in [-0.1, -0.05) is 12.1 Å². The number of ether oxygens (including phenoxy) is 2. The van der Waals surface area contributed by atoms with E-state index < -0.39 is 54.1 Å². The van der Waals surface area contributed by atoms with E-state index in [-0.39, 0.29) is 37.1 Å². The Labute approximate surface area is 231 Å². The number of benzene rings is 2. The molecule has 0 aromatic heterocycles. The average Bonchev–Trinajstić information content (AvgIpc) is 3.41. The number of halogens is 1. The topological polar surface area (TPSA) is 146 Å². The van der Waals surface area contributed by atoms with Crippen molar-refractivity contribution >= 4 is 23.6 Å². The first-order valence-electron chi connectivity index (χ1n) is 13.2. The fourth-order valence-corrected chi connectivity index (χ4v) is 4.69. The quantitative estimate of drug-likeness (QED) is 0.384. The number of aliphatic hydroxyl groups is 1. The van der Waals surface area contributed by atoms with Crippen LogP contribution < -0.4 is 25.4 Å². The van der Waals surface area contributed by atoms with Crippen molar-refractivity contribution in [3.8, 4) is 11.5 Å². The summed E-state index contributed by atoms with van der Waals surface area (Å²) >= 11 is 0. The highest BCUT2D eigenvalue weighted by molar-refractivity contribution is 6.01. The zero-order valence-electron chi connectivity index (χ0n) is 22.1. The lowest BCUT2D eigenvalue weighted by Gasteiger charge is -2.31. The molecule has 214 valence electrons. The predicted octanol–water partition coefficient (Wildman–Crippen LogP) is 0.758. The Hall–Kier alpha value is -4.19. The van der Waals surface area contributed by atoms with Crippen molar-refractivity contribution in [3.63, 3.8) is 0 Å². The second-order valence-electron chi connectivity index (χ2n) is 9.74. The molecular formula is C28H33FN4O7. The van der Waals surface area contributed by atoms with Crippen molar-refractivity contribution in [2.75, 3.05) is 26.3 Å². The van der Waals surface area contributed by atoms with Gasteiger partial charge in [0.15, 0.2) is 0 Å². The third-order valence-electron chi connectivity index (χ3n) is 6.78. The second-order valence-corrected chi connectivity index (χ2v) is 9.74. The molecule has 1 fully saturated rings. The zero-order valence-corrected chi connectivity index (χ0v) is 22.1. The van der Waals surface area contributed by atoms with Gasteiger partial charge in [-0.3, -0.25) is 19.2 Å². The molecule has 0 unspecified atom stereocenters. The number of para-hydroxylation sites is 1. The van der Waals surface area contributed by atoms with Gasteiger partial charge in [0.05, 0.1) is 30.7 Å². The molecule has 2 aromatic rings. The zero-order chi connectivity index (χ0) is 28.6. The minimum Gasteiger partial charge on any atom is -0.492 e. The number of nitrogens with one attached hydrogen (secondary N) is 3. The van der Waals surface area contributed by atoms with E-state index in [1.807, 2.05) is 0 Å². The fraction of sp³-hybridized carbons (Fsp3) is 0.429. The van der Waals surface area contributed by atoms with Gasteiger partial charge in [0.25, 0.3) is 5.91 Å². The van der Waals surface area contributed by atoms with Crippen LogP contribution in [0.25, 0.3) is 0 Å². The second kappa shape index (κ2) is 13.2. The summed E-state index contributed by atoms with van der Waals surface area (Å²) in [5, 5.41) is 18.1. The van der Waals surface area contributed by atoms with Crippen molar-refractivity contribution in [2.45, 2.75) is 50.4 Å². The minimum absolute atomic E-state index is 0.0367. The fourth-order valence-electron chi connectivity index (χ4n) is 4.69. The number of hydrogen-bond acceptors (Lipinski definition) is 7. The number of fused-ring (bicyclic) bond motifs is 2. The third kappa shape index (κ3) is 7.26. The first-order chi connectivity index (χ1) is 19.2. The lowest BCUT2D eigenvalue weighted by atomic mass is 10.1. The molecule has 1 saturated heterocycles. The van der Waals surface area contributed by atoms with Gasteiger partial charge < -0.3 is 35.4 Å². The van der Waals surface area contributed by atoms with Crippen LogP contribution >= 0.6 is 0 Å². The Balaban J connectivity index is 1.51. The summed E-state index contributed by atoms with van der Waals surface area (Å²) in [6.07, 6.45) is -0.277. The molecule has 2 aromatic carbocycles. The number of aliphatic hydroxyl groups excluding tert-OH is 1. The standard InChI is InChI=1S/C28H33FN4O7/c1-17(34)25-28(38)33-13-4-5-19(33)16-40-23-7-3-2-6-21(23)26(36)31-22(15-24(35)32-25)27(37)30-12-14-39-20-10-8-18(29)9-11-20/h2-3,6-11,17,19,22,25,34H,4-5,12-16H2,1H3,(H,30,37)(H,31,36)(H,32,35)/t17-,19-,22+,25+/m1/s1. The van der Waals surface area contributed by atoms with Gasteiger partial charge >= 0.3 is 0 Å².